The van der Waals surface area contributed by atoms with E-state index in [1.54, 1.807) is 6.92 Å². The molecule has 0 radical (unpaired) electrons. The van der Waals surface area contributed by atoms with E-state index in [1.165, 1.54) is 12.1 Å². The number of benzene rings is 1. The van der Waals surface area contributed by atoms with Gasteiger partial charge in [0.1, 0.15) is 11.6 Å². The molecule has 0 unspecified atom stereocenters. The first-order chi connectivity index (χ1) is 5.11. The second-order valence-corrected chi connectivity index (χ2v) is 3.66. The second kappa shape index (κ2) is 3.30. The van der Waals surface area contributed by atoms with Gasteiger partial charge in [-0.2, -0.15) is 0 Å². The van der Waals surface area contributed by atoms with Crippen LogP contribution in [0.2, 0.25) is 0 Å². The lowest BCUT2D eigenvalue weighted by atomic mass is 10.1. The standard InChI is InChI=1S/C8H7BrF2/c1-5(9)7-3-2-6(10)4-8(7)11/h2-5H,1H3/t5-/m0/s1. The largest absolute Gasteiger partial charge is 0.207 e. The van der Waals surface area contributed by atoms with Crippen LogP contribution in [0.1, 0.15) is 17.3 Å². The van der Waals surface area contributed by atoms with Gasteiger partial charge < -0.3 is 0 Å². The Kier molecular flexibility index (Phi) is 2.60. The summed E-state index contributed by atoms with van der Waals surface area (Å²) in [5, 5.41) is 0. The Labute approximate surface area is 72.4 Å². The van der Waals surface area contributed by atoms with Gasteiger partial charge in [0.15, 0.2) is 0 Å². The van der Waals surface area contributed by atoms with E-state index in [9.17, 15) is 8.78 Å². The molecule has 0 N–H and O–H groups in total. The van der Waals surface area contributed by atoms with Crippen molar-refractivity contribution in [3.63, 3.8) is 0 Å². The number of rotatable bonds is 1. The Hall–Kier alpha value is -0.440. The van der Waals surface area contributed by atoms with E-state index in [0.29, 0.717) is 5.56 Å². The van der Waals surface area contributed by atoms with Crippen molar-refractivity contribution in [3.8, 4) is 0 Å². The first-order valence-corrected chi connectivity index (χ1v) is 4.12. The third-order valence-electron chi connectivity index (χ3n) is 1.39. The van der Waals surface area contributed by atoms with Crippen molar-refractivity contribution >= 4 is 15.9 Å². The summed E-state index contributed by atoms with van der Waals surface area (Å²) in [7, 11) is 0. The van der Waals surface area contributed by atoms with Crippen LogP contribution < -0.4 is 0 Å². The molecule has 0 saturated carbocycles. The summed E-state index contributed by atoms with van der Waals surface area (Å²) in [6, 6.07) is 3.56. The summed E-state index contributed by atoms with van der Waals surface area (Å²) in [4.78, 5) is -0.0805. The summed E-state index contributed by atoms with van der Waals surface area (Å²) in [6.07, 6.45) is 0. The van der Waals surface area contributed by atoms with E-state index in [1.807, 2.05) is 0 Å². The van der Waals surface area contributed by atoms with Crippen molar-refractivity contribution in [2.45, 2.75) is 11.8 Å². The van der Waals surface area contributed by atoms with E-state index in [-0.39, 0.29) is 4.83 Å². The minimum Gasteiger partial charge on any atom is -0.207 e. The Morgan fingerprint density at radius 3 is 2.45 bits per heavy atom. The van der Waals surface area contributed by atoms with Crippen LogP contribution in [-0.4, -0.2) is 0 Å². The zero-order chi connectivity index (χ0) is 8.43. The smallest absolute Gasteiger partial charge is 0.130 e. The normalized spacial score (nSPS) is 13.1. The van der Waals surface area contributed by atoms with Crippen LogP contribution in [0.15, 0.2) is 18.2 Å². The Balaban J connectivity index is 3.09. The lowest BCUT2D eigenvalue weighted by Crippen LogP contribution is -1.90. The Morgan fingerprint density at radius 1 is 1.36 bits per heavy atom. The van der Waals surface area contributed by atoms with Gasteiger partial charge in [0.05, 0.1) is 0 Å². The molecule has 0 fully saturated rings. The molecule has 60 valence electrons. The topological polar surface area (TPSA) is 0 Å². The quantitative estimate of drug-likeness (QED) is 0.637. The molecule has 0 bridgehead atoms. The summed E-state index contributed by atoms with van der Waals surface area (Å²) in [5.41, 5.74) is 0.478. The average molecular weight is 221 g/mol. The van der Waals surface area contributed by atoms with Crippen molar-refractivity contribution in [2.24, 2.45) is 0 Å². The maximum absolute atomic E-state index is 12.8. The van der Waals surface area contributed by atoms with Crippen LogP contribution in [-0.2, 0) is 0 Å². The first-order valence-electron chi connectivity index (χ1n) is 3.20. The van der Waals surface area contributed by atoms with Crippen molar-refractivity contribution < 1.29 is 8.78 Å². The van der Waals surface area contributed by atoms with E-state index in [4.69, 9.17) is 0 Å². The summed E-state index contributed by atoms with van der Waals surface area (Å²) in [5.74, 6) is -1.05. The summed E-state index contributed by atoms with van der Waals surface area (Å²) in [6.45, 7) is 1.79. The van der Waals surface area contributed by atoms with E-state index in [2.05, 4.69) is 15.9 Å². The fraction of sp³-hybridized carbons (Fsp3) is 0.250. The first kappa shape index (κ1) is 8.65. The molecule has 0 aliphatic rings. The van der Waals surface area contributed by atoms with Crippen LogP contribution in [0.25, 0.3) is 0 Å². The minimum absolute atomic E-state index is 0.0805. The molecule has 3 heteroatoms. The van der Waals surface area contributed by atoms with Gasteiger partial charge in [-0.25, -0.2) is 8.78 Å². The molecule has 0 aliphatic carbocycles. The van der Waals surface area contributed by atoms with Gasteiger partial charge in [0.25, 0.3) is 0 Å². The predicted molar refractivity (Wildman–Crippen MR) is 43.7 cm³/mol. The van der Waals surface area contributed by atoms with Gasteiger partial charge in [-0.1, -0.05) is 22.0 Å². The van der Waals surface area contributed by atoms with Crippen molar-refractivity contribution in [1.29, 1.82) is 0 Å². The van der Waals surface area contributed by atoms with Crippen LogP contribution in [0.3, 0.4) is 0 Å². The third-order valence-corrected chi connectivity index (χ3v) is 1.88. The molecule has 0 heterocycles. The minimum atomic E-state index is -0.542. The van der Waals surface area contributed by atoms with Gasteiger partial charge in [-0.3, -0.25) is 0 Å². The lowest BCUT2D eigenvalue weighted by molar-refractivity contribution is 0.573. The Bertz CT molecular complexity index is 258. The van der Waals surface area contributed by atoms with Crippen LogP contribution in [0.4, 0.5) is 8.78 Å². The van der Waals surface area contributed by atoms with Gasteiger partial charge >= 0.3 is 0 Å². The molecule has 0 amide bonds. The zero-order valence-corrected chi connectivity index (χ0v) is 7.53. The lowest BCUT2D eigenvalue weighted by Gasteiger charge is -2.03. The SMILES string of the molecule is C[C@H](Br)c1ccc(F)cc1F. The molecular formula is C8H7BrF2. The molecular weight excluding hydrogens is 214 g/mol. The molecule has 0 spiro atoms. The highest BCUT2D eigenvalue weighted by molar-refractivity contribution is 9.09. The average Bonchev–Trinajstić information content (AvgIpc) is 1.85. The maximum atomic E-state index is 12.8. The van der Waals surface area contributed by atoms with Gasteiger partial charge in [0, 0.05) is 16.5 Å². The highest BCUT2D eigenvalue weighted by Crippen LogP contribution is 2.24. The highest BCUT2D eigenvalue weighted by atomic mass is 79.9. The molecule has 0 nitrogen and oxygen atoms in total. The fourth-order valence-corrected chi connectivity index (χ4v) is 1.20. The summed E-state index contributed by atoms with van der Waals surface area (Å²) >= 11 is 3.20. The monoisotopic (exact) mass is 220 g/mol. The molecule has 1 atom stereocenters. The van der Waals surface area contributed by atoms with Crippen LogP contribution >= 0.6 is 15.9 Å². The zero-order valence-electron chi connectivity index (χ0n) is 5.94. The molecule has 1 rings (SSSR count). The second-order valence-electron chi connectivity index (χ2n) is 2.28. The van der Waals surface area contributed by atoms with Gasteiger partial charge in [-0.15, -0.1) is 0 Å². The molecule has 0 aromatic heterocycles. The molecule has 1 aromatic carbocycles. The number of hydrogen-bond acceptors (Lipinski definition) is 0. The highest BCUT2D eigenvalue weighted by Gasteiger charge is 2.07. The van der Waals surface area contributed by atoms with E-state index in [0.717, 1.165) is 6.07 Å². The Morgan fingerprint density at radius 2 is 2.00 bits per heavy atom. The van der Waals surface area contributed by atoms with Gasteiger partial charge in [-0.05, 0) is 13.0 Å². The molecule has 11 heavy (non-hydrogen) atoms. The number of halogens is 3. The van der Waals surface area contributed by atoms with Crippen LogP contribution in [0, 0.1) is 11.6 Å². The van der Waals surface area contributed by atoms with Crippen LogP contribution in [0.5, 0.6) is 0 Å². The molecule has 0 saturated heterocycles. The number of alkyl halides is 1. The third kappa shape index (κ3) is 1.99. The fourth-order valence-electron chi connectivity index (χ4n) is 0.824. The van der Waals surface area contributed by atoms with E-state index < -0.39 is 11.6 Å². The van der Waals surface area contributed by atoms with E-state index >= 15 is 0 Å². The van der Waals surface area contributed by atoms with Gasteiger partial charge in [0.2, 0.25) is 0 Å². The summed E-state index contributed by atoms with van der Waals surface area (Å²) < 4.78 is 25.2. The maximum Gasteiger partial charge on any atom is 0.130 e. The molecule has 0 aliphatic heterocycles. The van der Waals surface area contributed by atoms with Crippen molar-refractivity contribution in [3.05, 3.63) is 35.4 Å². The van der Waals surface area contributed by atoms with Crippen molar-refractivity contribution in [2.75, 3.05) is 0 Å². The number of hydrogen-bond donors (Lipinski definition) is 0. The van der Waals surface area contributed by atoms with Crippen molar-refractivity contribution in [1.82, 2.24) is 0 Å². The molecule has 1 aromatic rings. The predicted octanol–water partition coefficient (Wildman–Crippen LogP) is 3.42.